The minimum atomic E-state index is 0.309. The third-order valence-electron chi connectivity index (χ3n) is 5.01. The van der Waals surface area contributed by atoms with Crippen LogP contribution in [0.1, 0.15) is 30.9 Å². The van der Waals surface area contributed by atoms with E-state index in [9.17, 15) is 0 Å². The highest BCUT2D eigenvalue weighted by molar-refractivity contribution is 7.99. The Hall–Kier alpha value is -0.910. The van der Waals surface area contributed by atoms with Crippen LogP contribution in [0, 0.1) is 5.92 Å². The van der Waals surface area contributed by atoms with E-state index < -0.39 is 0 Å². The number of ether oxygens (including phenoxy) is 2. The Kier molecular flexibility index (Phi) is 5.72. The fourth-order valence-corrected chi connectivity index (χ4v) is 4.75. The molecule has 2 heterocycles. The van der Waals surface area contributed by atoms with Gasteiger partial charge in [-0.25, -0.2) is 0 Å². The lowest BCUT2D eigenvalue weighted by molar-refractivity contribution is 0.177. The first-order valence-electron chi connectivity index (χ1n) is 8.54. The lowest BCUT2D eigenvalue weighted by Crippen LogP contribution is -2.24. The van der Waals surface area contributed by atoms with Gasteiger partial charge in [0.05, 0.1) is 7.11 Å². The number of nitrogens with zero attached hydrogens (tertiary/aromatic N) is 1. The van der Waals surface area contributed by atoms with Crippen LogP contribution in [0.2, 0.25) is 0 Å². The van der Waals surface area contributed by atoms with E-state index in [1.54, 1.807) is 7.11 Å². The van der Waals surface area contributed by atoms with Gasteiger partial charge in [-0.1, -0.05) is 12.1 Å². The molecule has 0 bridgehead atoms. The second-order valence-corrected chi connectivity index (χ2v) is 7.83. The maximum Gasteiger partial charge on any atom is 0.166 e. The van der Waals surface area contributed by atoms with Gasteiger partial charge in [-0.05, 0) is 56.3 Å². The molecule has 128 valence electrons. The van der Waals surface area contributed by atoms with Gasteiger partial charge in [0, 0.05) is 18.2 Å². The first kappa shape index (κ1) is 16.9. The molecular formula is C18H28N2O2S. The molecule has 0 aliphatic carbocycles. The average Bonchev–Trinajstić information content (AvgIpc) is 2.97. The van der Waals surface area contributed by atoms with Crippen molar-refractivity contribution in [3.05, 3.63) is 23.8 Å². The predicted molar refractivity (Wildman–Crippen MR) is 96.5 cm³/mol. The summed E-state index contributed by atoms with van der Waals surface area (Å²) in [5.74, 6) is 4.74. The number of likely N-dealkylation sites (tertiary alicyclic amines) is 1. The van der Waals surface area contributed by atoms with E-state index in [0.717, 1.165) is 43.9 Å². The quantitative estimate of drug-likeness (QED) is 0.896. The minimum Gasteiger partial charge on any atom is -0.493 e. The summed E-state index contributed by atoms with van der Waals surface area (Å²) >= 11 is 2.02. The molecule has 2 N–H and O–H groups in total. The highest BCUT2D eigenvalue weighted by Gasteiger charge is 2.33. The molecule has 2 fully saturated rings. The van der Waals surface area contributed by atoms with Gasteiger partial charge in [-0.3, -0.25) is 4.90 Å². The molecule has 3 rings (SSSR count). The number of benzene rings is 1. The van der Waals surface area contributed by atoms with Gasteiger partial charge in [0.15, 0.2) is 11.5 Å². The third-order valence-corrected chi connectivity index (χ3v) is 6.06. The highest BCUT2D eigenvalue weighted by atomic mass is 32.2. The Bertz CT molecular complexity index is 520. The zero-order valence-electron chi connectivity index (χ0n) is 14.2. The Labute approximate surface area is 143 Å². The van der Waals surface area contributed by atoms with Crippen LogP contribution in [0.4, 0.5) is 0 Å². The zero-order chi connectivity index (χ0) is 16.2. The van der Waals surface area contributed by atoms with Crippen LogP contribution in [0.15, 0.2) is 18.2 Å². The second-order valence-electron chi connectivity index (χ2n) is 6.60. The summed E-state index contributed by atoms with van der Waals surface area (Å²) in [5, 5.41) is 0. The summed E-state index contributed by atoms with van der Waals surface area (Å²) in [6.45, 7) is 1.80. The number of para-hydroxylation sites is 1. The number of hydrogen-bond donors (Lipinski definition) is 1. The van der Waals surface area contributed by atoms with Crippen molar-refractivity contribution in [2.75, 3.05) is 38.8 Å². The molecule has 0 radical (unpaired) electrons. The molecule has 5 heteroatoms. The van der Waals surface area contributed by atoms with Crippen molar-refractivity contribution in [2.24, 2.45) is 11.7 Å². The number of hydrogen-bond acceptors (Lipinski definition) is 5. The third kappa shape index (κ3) is 3.78. The Balaban J connectivity index is 1.87. The normalized spacial score (nSPS) is 26.4. The molecule has 23 heavy (non-hydrogen) atoms. The molecule has 0 saturated carbocycles. The molecule has 1 aromatic rings. The number of rotatable bonds is 5. The van der Waals surface area contributed by atoms with Crippen LogP contribution < -0.4 is 15.2 Å². The molecule has 2 aliphatic heterocycles. The lowest BCUT2D eigenvalue weighted by atomic mass is 9.98. The van der Waals surface area contributed by atoms with E-state index >= 15 is 0 Å². The maximum absolute atomic E-state index is 6.44. The molecule has 2 atom stereocenters. The molecule has 2 saturated heterocycles. The summed E-state index contributed by atoms with van der Waals surface area (Å²) in [6.07, 6.45) is 3.64. The second kappa shape index (κ2) is 7.77. The largest absolute Gasteiger partial charge is 0.493 e. The predicted octanol–water partition coefficient (Wildman–Crippen LogP) is 2.92. The topological polar surface area (TPSA) is 47.7 Å². The molecule has 2 aliphatic rings. The van der Waals surface area contributed by atoms with E-state index in [4.69, 9.17) is 15.2 Å². The number of nitrogens with two attached hydrogens (primary N) is 1. The average molecular weight is 337 g/mol. The van der Waals surface area contributed by atoms with Crippen molar-refractivity contribution in [3.63, 3.8) is 0 Å². The van der Waals surface area contributed by atoms with Gasteiger partial charge >= 0.3 is 0 Å². The van der Waals surface area contributed by atoms with Crippen molar-refractivity contribution < 1.29 is 9.47 Å². The van der Waals surface area contributed by atoms with Gasteiger partial charge < -0.3 is 15.2 Å². The highest BCUT2D eigenvalue weighted by Crippen LogP contribution is 2.43. The summed E-state index contributed by atoms with van der Waals surface area (Å²) in [6, 6.07) is 6.63. The Morgan fingerprint density at radius 3 is 2.74 bits per heavy atom. The molecule has 2 unspecified atom stereocenters. The number of thioether (sulfide) groups is 1. The van der Waals surface area contributed by atoms with E-state index in [2.05, 4.69) is 24.1 Å². The van der Waals surface area contributed by atoms with Gasteiger partial charge in [0.2, 0.25) is 0 Å². The van der Waals surface area contributed by atoms with Gasteiger partial charge in [-0.2, -0.15) is 11.8 Å². The monoisotopic (exact) mass is 336 g/mol. The summed E-state index contributed by atoms with van der Waals surface area (Å²) in [7, 11) is 3.91. The SMILES string of the molecule is COc1cccc(C2CC(CN)CN2C)c1OC1CCSCC1. The fraction of sp³-hybridized carbons (Fsp3) is 0.667. The molecule has 0 spiro atoms. The Morgan fingerprint density at radius 1 is 1.30 bits per heavy atom. The van der Waals surface area contributed by atoms with Gasteiger partial charge in [-0.15, -0.1) is 0 Å². The molecule has 4 nitrogen and oxygen atoms in total. The Morgan fingerprint density at radius 2 is 2.09 bits per heavy atom. The van der Waals surface area contributed by atoms with Crippen LogP contribution in [0.25, 0.3) is 0 Å². The minimum absolute atomic E-state index is 0.309. The van der Waals surface area contributed by atoms with E-state index in [1.807, 2.05) is 17.8 Å². The summed E-state index contributed by atoms with van der Waals surface area (Å²) in [5.41, 5.74) is 7.15. The first-order chi connectivity index (χ1) is 11.2. The molecule has 0 amide bonds. The smallest absolute Gasteiger partial charge is 0.166 e. The maximum atomic E-state index is 6.44. The fourth-order valence-electron chi connectivity index (χ4n) is 3.68. The zero-order valence-corrected chi connectivity index (χ0v) is 15.0. The van der Waals surface area contributed by atoms with E-state index in [-0.39, 0.29) is 0 Å². The van der Waals surface area contributed by atoms with Crippen LogP contribution in [-0.4, -0.2) is 49.8 Å². The van der Waals surface area contributed by atoms with Gasteiger partial charge in [0.25, 0.3) is 0 Å². The van der Waals surface area contributed by atoms with E-state index in [1.165, 1.54) is 17.1 Å². The van der Waals surface area contributed by atoms with Crippen LogP contribution in [-0.2, 0) is 0 Å². The number of methoxy groups -OCH3 is 1. The van der Waals surface area contributed by atoms with Gasteiger partial charge in [0.1, 0.15) is 6.10 Å². The van der Waals surface area contributed by atoms with Crippen molar-refractivity contribution >= 4 is 11.8 Å². The van der Waals surface area contributed by atoms with Crippen molar-refractivity contribution in [2.45, 2.75) is 31.4 Å². The van der Waals surface area contributed by atoms with Crippen molar-refractivity contribution in [3.8, 4) is 11.5 Å². The standard InChI is InChI=1S/C18H28N2O2S/c1-20-12-13(11-19)10-16(20)15-4-3-5-17(21-2)18(15)22-14-6-8-23-9-7-14/h3-5,13-14,16H,6-12,19H2,1-2H3. The van der Waals surface area contributed by atoms with Crippen LogP contribution >= 0.6 is 11.8 Å². The summed E-state index contributed by atoms with van der Waals surface area (Å²) in [4.78, 5) is 2.40. The van der Waals surface area contributed by atoms with Crippen LogP contribution in [0.3, 0.4) is 0 Å². The van der Waals surface area contributed by atoms with Crippen molar-refractivity contribution in [1.29, 1.82) is 0 Å². The first-order valence-corrected chi connectivity index (χ1v) is 9.70. The molecule has 1 aromatic carbocycles. The van der Waals surface area contributed by atoms with E-state index in [0.29, 0.717) is 18.1 Å². The van der Waals surface area contributed by atoms with Crippen molar-refractivity contribution in [1.82, 2.24) is 4.90 Å². The molecule has 0 aromatic heterocycles. The lowest BCUT2D eigenvalue weighted by Gasteiger charge is -2.28. The van der Waals surface area contributed by atoms with Crippen LogP contribution in [0.5, 0.6) is 11.5 Å². The summed E-state index contributed by atoms with van der Waals surface area (Å²) < 4.78 is 12.0. The molecular weight excluding hydrogens is 308 g/mol.